The standard InChI is InChI=1S/C12H14ClN3S/c1-7-3-4-9(8(2)15-7)11(16-14)12-10(13)5-6-17-12/h3-6,11,16H,14H2,1-2H3. The Balaban J connectivity index is 2.46. The Hall–Kier alpha value is -0.940. The second-order valence-electron chi connectivity index (χ2n) is 3.86. The van der Waals surface area contributed by atoms with E-state index in [1.165, 1.54) is 0 Å². The highest BCUT2D eigenvalue weighted by molar-refractivity contribution is 7.10. The van der Waals surface area contributed by atoms with Gasteiger partial charge in [-0.3, -0.25) is 10.8 Å². The summed E-state index contributed by atoms with van der Waals surface area (Å²) in [5.74, 6) is 5.64. The molecule has 0 aliphatic heterocycles. The number of aryl methyl sites for hydroxylation is 2. The van der Waals surface area contributed by atoms with E-state index >= 15 is 0 Å². The van der Waals surface area contributed by atoms with Crippen molar-refractivity contribution in [2.75, 3.05) is 0 Å². The fourth-order valence-corrected chi connectivity index (χ4v) is 3.06. The Kier molecular flexibility index (Phi) is 3.79. The van der Waals surface area contributed by atoms with E-state index in [-0.39, 0.29) is 6.04 Å². The average Bonchev–Trinajstić information content (AvgIpc) is 2.69. The molecule has 2 aromatic heterocycles. The number of nitrogens with two attached hydrogens (primary N) is 1. The van der Waals surface area contributed by atoms with E-state index in [9.17, 15) is 0 Å². The lowest BCUT2D eigenvalue weighted by atomic mass is 10.0. The van der Waals surface area contributed by atoms with E-state index in [1.54, 1.807) is 11.3 Å². The van der Waals surface area contributed by atoms with Crippen LogP contribution in [-0.4, -0.2) is 4.98 Å². The van der Waals surface area contributed by atoms with E-state index in [0.29, 0.717) is 0 Å². The normalized spacial score (nSPS) is 12.7. The zero-order valence-corrected chi connectivity index (χ0v) is 11.3. The molecule has 0 aliphatic rings. The number of hydrogen-bond donors (Lipinski definition) is 2. The third-order valence-corrected chi connectivity index (χ3v) is 4.07. The molecule has 0 bridgehead atoms. The first-order chi connectivity index (χ1) is 8.13. The molecule has 0 saturated carbocycles. The van der Waals surface area contributed by atoms with E-state index in [1.807, 2.05) is 37.4 Å². The topological polar surface area (TPSA) is 50.9 Å². The third-order valence-electron chi connectivity index (χ3n) is 2.65. The molecule has 0 radical (unpaired) electrons. The summed E-state index contributed by atoms with van der Waals surface area (Å²) >= 11 is 7.73. The Labute approximate surface area is 110 Å². The van der Waals surface area contributed by atoms with Crippen LogP contribution in [0.25, 0.3) is 0 Å². The van der Waals surface area contributed by atoms with Crippen LogP contribution >= 0.6 is 22.9 Å². The maximum absolute atomic E-state index is 6.14. The molecule has 2 rings (SSSR count). The van der Waals surface area contributed by atoms with Crippen molar-refractivity contribution in [2.45, 2.75) is 19.9 Å². The van der Waals surface area contributed by atoms with Gasteiger partial charge in [0.1, 0.15) is 0 Å². The Bertz CT molecular complexity index is 524. The molecule has 0 saturated heterocycles. The monoisotopic (exact) mass is 267 g/mol. The minimum Gasteiger partial charge on any atom is -0.271 e. The molecule has 2 heterocycles. The number of nitrogens with zero attached hydrogens (tertiary/aromatic N) is 1. The van der Waals surface area contributed by atoms with Gasteiger partial charge in [0.25, 0.3) is 0 Å². The molecule has 1 atom stereocenters. The number of aromatic nitrogens is 1. The Morgan fingerprint density at radius 3 is 2.65 bits per heavy atom. The largest absolute Gasteiger partial charge is 0.271 e. The number of hydrazine groups is 1. The molecule has 0 fully saturated rings. The molecular weight excluding hydrogens is 254 g/mol. The van der Waals surface area contributed by atoms with Crippen LogP contribution in [0.1, 0.15) is 27.9 Å². The summed E-state index contributed by atoms with van der Waals surface area (Å²) in [6, 6.07) is 5.80. The van der Waals surface area contributed by atoms with Gasteiger partial charge >= 0.3 is 0 Å². The van der Waals surface area contributed by atoms with Gasteiger partial charge in [0.15, 0.2) is 0 Å². The number of rotatable bonds is 3. The zero-order chi connectivity index (χ0) is 12.4. The zero-order valence-electron chi connectivity index (χ0n) is 9.70. The smallest absolute Gasteiger partial charge is 0.0834 e. The van der Waals surface area contributed by atoms with Crippen molar-refractivity contribution in [2.24, 2.45) is 5.84 Å². The summed E-state index contributed by atoms with van der Waals surface area (Å²) in [7, 11) is 0. The molecule has 90 valence electrons. The predicted molar refractivity (Wildman–Crippen MR) is 72.2 cm³/mol. The molecule has 17 heavy (non-hydrogen) atoms. The third kappa shape index (κ3) is 2.50. The summed E-state index contributed by atoms with van der Waals surface area (Å²) in [6.07, 6.45) is 0. The summed E-state index contributed by atoms with van der Waals surface area (Å²) in [6.45, 7) is 3.95. The maximum Gasteiger partial charge on any atom is 0.0834 e. The molecule has 2 aromatic rings. The lowest BCUT2D eigenvalue weighted by Gasteiger charge is -2.17. The van der Waals surface area contributed by atoms with Gasteiger partial charge in [0.05, 0.1) is 11.1 Å². The van der Waals surface area contributed by atoms with E-state index in [2.05, 4.69) is 10.4 Å². The van der Waals surface area contributed by atoms with Crippen LogP contribution in [0, 0.1) is 13.8 Å². The fraction of sp³-hybridized carbons (Fsp3) is 0.250. The van der Waals surface area contributed by atoms with Crippen LogP contribution < -0.4 is 11.3 Å². The SMILES string of the molecule is Cc1ccc(C(NN)c2sccc2Cl)c(C)n1. The van der Waals surface area contributed by atoms with Gasteiger partial charge in [0, 0.05) is 16.3 Å². The summed E-state index contributed by atoms with van der Waals surface area (Å²) < 4.78 is 0. The predicted octanol–water partition coefficient (Wildman–Crippen LogP) is 2.97. The highest BCUT2D eigenvalue weighted by Crippen LogP contribution is 2.33. The molecule has 0 aromatic carbocycles. The highest BCUT2D eigenvalue weighted by Gasteiger charge is 2.19. The summed E-state index contributed by atoms with van der Waals surface area (Å²) in [5, 5.41) is 2.69. The van der Waals surface area contributed by atoms with Crippen LogP contribution in [0.4, 0.5) is 0 Å². The molecule has 5 heteroatoms. The quantitative estimate of drug-likeness (QED) is 0.664. The van der Waals surface area contributed by atoms with Crippen molar-refractivity contribution in [3.63, 3.8) is 0 Å². The van der Waals surface area contributed by atoms with Gasteiger partial charge in [-0.1, -0.05) is 17.7 Å². The van der Waals surface area contributed by atoms with Gasteiger partial charge in [-0.05, 0) is 36.9 Å². The van der Waals surface area contributed by atoms with Gasteiger partial charge in [-0.2, -0.15) is 0 Å². The summed E-state index contributed by atoms with van der Waals surface area (Å²) in [4.78, 5) is 5.46. The lowest BCUT2D eigenvalue weighted by Crippen LogP contribution is -2.29. The molecule has 3 nitrogen and oxygen atoms in total. The van der Waals surface area contributed by atoms with E-state index in [4.69, 9.17) is 17.4 Å². The van der Waals surface area contributed by atoms with Crippen molar-refractivity contribution in [3.8, 4) is 0 Å². The number of halogens is 1. The molecule has 0 aliphatic carbocycles. The maximum atomic E-state index is 6.14. The van der Waals surface area contributed by atoms with E-state index in [0.717, 1.165) is 26.9 Å². The second-order valence-corrected chi connectivity index (χ2v) is 5.21. The average molecular weight is 268 g/mol. The van der Waals surface area contributed by atoms with Crippen molar-refractivity contribution in [1.82, 2.24) is 10.4 Å². The number of hydrogen-bond acceptors (Lipinski definition) is 4. The minimum absolute atomic E-state index is 0.101. The van der Waals surface area contributed by atoms with Crippen molar-refractivity contribution >= 4 is 22.9 Å². The minimum atomic E-state index is -0.101. The van der Waals surface area contributed by atoms with Crippen molar-refractivity contribution in [3.05, 3.63) is 50.4 Å². The van der Waals surface area contributed by atoms with Crippen molar-refractivity contribution in [1.29, 1.82) is 0 Å². The fourth-order valence-electron chi connectivity index (χ4n) is 1.82. The molecule has 1 unspecified atom stereocenters. The first-order valence-corrected chi connectivity index (χ1v) is 6.52. The molecule has 3 N–H and O–H groups in total. The molecule has 0 spiro atoms. The van der Waals surface area contributed by atoms with Gasteiger partial charge < -0.3 is 0 Å². The van der Waals surface area contributed by atoms with Crippen LogP contribution in [0.15, 0.2) is 23.6 Å². The molecule has 0 amide bonds. The number of thiophene rings is 1. The van der Waals surface area contributed by atoms with Crippen molar-refractivity contribution < 1.29 is 0 Å². The van der Waals surface area contributed by atoms with Gasteiger partial charge in [-0.15, -0.1) is 11.3 Å². The summed E-state index contributed by atoms with van der Waals surface area (Å²) in [5.41, 5.74) is 5.83. The number of pyridine rings is 1. The van der Waals surface area contributed by atoms with E-state index < -0.39 is 0 Å². The van der Waals surface area contributed by atoms with Gasteiger partial charge in [0.2, 0.25) is 0 Å². The Morgan fingerprint density at radius 1 is 1.35 bits per heavy atom. The van der Waals surface area contributed by atoms with Gasteiger partial charge in [-0.25, -0.2) is 5.43 Å². The molecular formula is C12H14ClN3S. The van der Waals surface area contributed by atoms with Crippen LogP contribution in [0.3, 0.4) is 0 Å². The Morgan fingerprint density at radius 2 is 2.12 bits per heavy atom. The number of nitrogens with one attached hydrogen (secondary N) is 1. The van der Waals surface area contributed by atoms with Crippen LogP contribution in [0.2, 0.25) is 5.02 Å². The highest BCUT2D eigenvalue weighted by atomic mass is 35.5. The first kappa shape index (κ1) is 12.5. The second kappa shape index (κ2) is 5.14. The lowest BCUT2D eigenvalue weighted by molar-refractivity contribution is 0.639. The van der Waals surface area contributed by atoms with Crippen LogP contribution in [0.5, 0.6) is 0 Å². The van der Waals surface area contributed by atoms with Crippen LogP contribution in [-0.2, 0) is 0 Å². The first-order valence-electron chi connectivity index (χ1n) is 5.26.